The number of aryl methyl sites for hydroxylation is 1. The lowest BCUT2D eigenvalue weighted by Crippen LogP contribution is -2.32. The Bertz CT molecular complexity index is 1140. The largest absolute Gasteiger partial charge is 0.476 e. The molecule has 0 N–H and O–H groups in total. The molecular formula is C21H19ClN2O5. The molecule has 0 bridgehead atoms. The average molecular weight is 415 g/mol. The Kier molecular flexibility index (Phi) is 5.25. The summed E-state index contributed by atoms with van der Waals surface area (Å²) >= 11 is 6.46. The van der Waals surface area contributed by atoms with Gasteiger partial charge in [0.2, 0.25) is 0 Å². The van der Waals surface area contributed by atoms with E-state index in [9.17, 15) is 9.59 Å². The molecule has 0 unspecified atom stereocenters. The highest BCUT2D eigenvalue weighted by atomic mass is 35.5. The summed E-state index contributed by atoms with van der Waals surface area (Å²) in [6.45, 7) is 3.26. The molecule has 4 rings (SSSR count). The minimum absolute atomic E-state index is 0.154. The van der Waals surface area contributed by atoms with E-state index in [0.29, 0.717) is 52.7 Å². The number of hydrogen-bond acceptors (Lipinski definition) is 7. The zero-order chi connectivity index (χ0) is 20.5. The van der Waals surface area contributed by atoms with Crippen molar-refractivity contribution >= 4 is 28.5 Å². The summed E-state index contributed by atoms with van der Waals surface area (Å²) in [5.74, 6) is 0.0136. The number of hydrogen-bond donors (Lipinski definition) is 0. The number of esters is 1. The molecule has 0 spiro atoms. The normalized spacial score (nSPS) is 13.8. The fourth-order valence-electron chi connectivity index (χ4n) is 3.53. The first kappa shape index (κ1) is 19.4. The Labute approximate surface area is 171 Å². The van der Waals surface area contributed by atoms with Gasteiger partial charge in [-0.25, -0.2) is 4.79 Å². The van der Waals surface area contributed by atoms with Gasteiger partial charge in [0.05, 0.1) is 29.7 Å². The number of halogens is 1. The minimum atomic E-state index is -0.561. The molecule has 0 saturated heterocycles. The van der Waals surface area contributed by atoms with Crippen LogP contribution in [0, 0.1) is 6.92 Å². The predicted molar refractivity (Wildman–Crippen MR) is 107 cm³/mol. The van der Waals surface area contributed by atoms with E-state index in [1.54, 1.807) is 25.4 Å². The Morgan fingerprint density at radius 2 is 2.24 bits per heavy atom. The number of rotatable bonds is 4. The lowest BCUT2D eigenvalue weighted by molar-refractivity contribution is -0.139. The van der Waals surface area contributed by atoms with Crippen molar-refractivity contribution in [3.05, 3.63) is 68.3 Å². The van der Waals surface area contributed by atoms with Crippen LogP contribution >= 0.6 is 11.6 Å². The monoisotopic (exact) mass is 414 g/mol. The summed E-state index contributed by atoms with van der Waals surface area (Å²) in [6, 6.07) is 5.58. The number of fused-ring (bicyclic) bond motifs is 3. The molecule has 1 aliphatic rings. The molecule has 1 aromatic carbocycles. The van der Waals surface area contributed by atoms with Crippen LogP contribution in [0.4, 0.5) is 0 Å². The predicted octanol–water partition coefficient (Wildman–Crippen LogP) is 3.22. The molecule has 0 aliphatic carbocycles. The van der Waals surface area contributed by atoms with E-state index in [-0.39, 0.29) is 12.0 Å². The number of aromatic nitrogens is 1. The van der Waals surface area contributed by atoms with Crippen molar-refractivity contribution in [2.75, 3.05) is 13.8 Å². The number of carbonyl (C=O) groups excluding carboxylic acids is 1. The third-order valence-corrected chi connectivity index (χ3v) is 5.31. The van der Waals surface area contributed by atoms with Crippen LogP contribution < -0.4 is 10.4 Å². The number of nitrogens with zero attached hydrogens (tertiary/aromatic N) is 2. The van der Waals surface area contributed by atoms with Crippen LogP contribution in [0.5, 0.6) is 5.75 Å². The first-order valence-corrected chi connectivity index (χ1v) is 9.44. The standard InChI is InChI=1S/C21H19ClN2O5/c1-12-14-6-17(22)20-16(19(14)29-21(26)15(12)7-18(25)27-2)10-24(11-28-20)9-13-4-3-5-23-8-13/h3-6,8H,7,9-11H2,1-2H3. The van der Waals surface area contributed by atoms with Gasteiger partial charge in [0.1, 0.15) is 18.1 Å². The van der Waals surface area contributed by atoms with Crippen molar-refractivity contribution in [1.29, 1.82) is 0 Å². The molecule has 150 valence electrons. The van der Waals surface area contributed by atoms with E-state index >= 15 is 0 Å². The second-order valence-electron chi connectivity index (χ2n) is 6.91. The second-order valence-corrected chi connectivity index (χ2v) is 7.32. The summed E-state index contributed by atoms with van der Waals surface area (Å²) in [6.07, 6.45) is 3.37. The third kappa shape index (κ3) is 3.71. The molecule has 1 aliphatic heterocycles. The van der Waals surface area contributed by atoms with E-state index in [2.05, 4.69) is 14.6 Å². The van der Waals surface area contributed by atoms with Gasteiger partial charge >= 0.3 is 11.6 Å². The van der Waals surface area contributed by atoms with E-state index in [0.717, 1.165) is 5.56 Å². The molecule has 7 nitrogen and oxygen atoms in total. The zero-order valence-electron chi connectivity index (χ0n) is 16.0. The first-order chi connectivity index (χ1) is 14.0. The van der Waals surface area contributed by atoms with Gasteiger partial charge in [-0.15, -0.1) is 0 Å². The molecule has 0 amide bonds. The summed E-state index contributed by atoms with van der Waals surface area (Å²) in [7, 11) is 1.28. The highest BCUT2D eigenvalue weighted by molar-refractivity contribution is 6.33. The molecular weight excluding hydrogens is 396 g/mol. The lowest BCUT2D eigenvalue weighted by Gasteiger charge is -2.30. The van der Waals surface area contributed by atoms with Gasteiger partial charge in [-0.2, -0.15) is 0 Å². The van der Waals surface area contributed by atoms with Crippen LogP contribution in [0.3, 0.4) is 0 Å². The van der Waals surface area contributed by atoms with Crippen molar-refractivity contribution < 1.29 is 18.7 Å². The molecule has 8 heteroatoms. The Morgan fingerprint density at radius 3 is 2.97 bits per heavy atom. The van der Waals surface area contributed by atoms with Gasteiger partial charge < -0.3 is 13.9 Å². The summed E-state index contributed by atoms with van der Waals surface area (Å²) in [5.41, 5.74) is 2.54. The SMILES string of the molecule is COC(=O)Cc1c(C)c2cc(Cl)c3c(c2oc1=O)CN(Cc1cccnc1)CO3. The topological polar surface area (TPSA) is 81.9 Å². The average Bonchev–Trinajstić information content (AvgIpc) is 2.73. The molecule has 2 aromatic heterocycles. The van der Waals surface area contributed by atoms with Gasteiger partial charge in [0.25, 0.3) is 0 Å². The van der Waals surface area contributed by atoms with Crippen molar-refractivity contribution in [1.82, 2.24) is 9.88 Å². The maximum atomic E-state index is 12.6. The van der Waals surface area contributed by atoms with E-state index in [1.165, 1.54) is 7.11 Å². The molecule has 0 fully saturated rings. The molecule has 0 atom stereocenters. The van der Waals surface area contributed by atoms with Crippen LogP contribution in [0.15, 0.2) is 39.8 Å². The number of pyridine rings is 1. The molecule has 29 heavy (non-hydrogen) atoms. The van der Waals surface area contributed by atoms with Crippen molar-refractivity contribution in [3.8, 4) is 5.75 Å². The van der Waals surface area contributed by atoms with Crippen LogP contribution in [-0.4, -0.2) is 29.7 Å². The minimum Gasteiger partial charge on any atom is -0.476 e. The number of ether oxygens (including phenoxy) is 2. The number of benzene rings is 1. The van der Waals surface area contributed by atoms with Gasteiger partial charge in [0.15, 0.2) is 0 Å². The van der Waals surface area contributed by atoms with Crippen LogP contribution in [0.25, 0.3) is 11.0 Å². The van der Waals surface area contributed by atoms with Crippen LogP contribution in [0.1, 0.15) is 22.3 Å². The summed E-state index contributed by atoms with van der Waals surface area (Å²) in [4.78, 5) is 30.5. The quantitative estimate of drug-likeness (QED) is 0.479. The van der Waals surface area contributed by atoms with Crippen molar-refractivity contribution in [3.63, 3.8) is 0 Å². The summed E-state index contributed by atoms with van der Waals surface area (Å²) in [5, 5.41) is 1.12. The highest BCUT2D eigenvalue weighted by Crippen LogP contribution is 2.40. The fraction of sp³-hybridized carbons (Fsp3) is 0.286. The van der Waals surface area contributed by atoms with Gasteiger partial charge in [0, 0.05) is 30.9 Å². The Hall–Kier alpha value is -2.90. The first-order valence-electron chi connectivity index (χ1n) is 9.06. The van der Waals surface area contributed by atoms with E-state index < -0.39 is 11.6 Å². The number of carbonyl (C=O) groups is 1. The number of methoxy groups -OCH3 is 1. The second kappa shape index (κ2) is 7.85. The summed E-state index contributed by atoms with van der Waals surface area (Å²) < 4.78 is 16.2. The maximum Gasteiger partial charge on any atom is 0.340 e. The fourth-order valence-corrected chi connectivity index (χ4v) is 3.81. The highest BCUT2D eigenvalue weighted by Gasteiger charge is 2.26. The van der Waals surface area contributed by atoms with Gasteiger partial charge in [-0.3, -0.25) is 14.7 Å². The maximum absolute atomic E-state index is 12.6. The molecule has 0 saturated carbocycles. The smallest absolute Gasteiger partial charge is 0.340 e. The third-order valence-electron chi connectivity index (χ3n) is 5.03. The Balaban J connectivity index is 1.77. The van der Waals surface area contributed by atoms with Crippen LogP contribution in [-0.2, 0) is 29.0 Å². The van der Waals surface area contributed by atoms with E-state index in [1.807, 2.05) is 12.1 Å². The van der Waals surface area contributed by atoms with Gasteiger partial charge in [-0.1, -0.05) is 17.7 Å². The zero-order valence-corrected chi connectivity index (χ0v) is 16.8. The van der Waals surface area contributed by atoms with Crippen molar-refractivity contribution in [2.24, 2.45) is 0 Å². The van der Waals surface area contributed by atoms with Gasteiger partial charge in [-0.05, 0) is 30.2 Å². The van der Waals surface area contributed by atoms with Crippen LogP contribution in [0.2, 0.25) is 5.02 Å². The lowest BCUT2D eigenvalue weighted by atomic mass is 10.00. The van der Waals surface area contributed by atoms with Crippen molar-refractivity contribution in [2.45, 2.75) is 26.4 Å². The van der Waals surface area contributed by atoms with E-state index in [4.69, 9.17) is 20.8 Å². The molecule has 0 radical (unpaired) electrons. The Morgan fingerprint density at radius 1 is 1.41 bits per heavy atom. The molecule has 3 aromatic rings. The molecule has 3 heterocycles.